The van der Waals surface area contributed by atoms with Crippen molar-refractivity contribution in [2.24, 2.45) is 17.8 Å². The van der Waals surface area contributed by atoms with Gasteiger partial charge in [0, 0.05) is 12.5 Å². The summed E-state index contributed by atoms with van der Waals surface area (Å²) in [5.74, 6) is 2.08. The Kier molecular flexibility index (Phi) is 5.65. The minimum absolute atomic E-state index is 0.249. The Hall–Kier alpha value is -0.370. The van der Waals surface area contributed by atoms with Crippen LogP contribution in [0.2, 0.25) is 0 Å². The molecule has 0 amide bonds. The van der Waals surface area contributed by atoms with Crippen LogP contribution in [0.1, 0.15) is 78.6 Å². The highest BCUT2D eigenvalue weighted by Gasteiger charge is 2.44. The summed E-state index contributed by atoms with van der Waals surface area (Å²) in [6.45, 7) is 7.31. The molecule has 0 saturated heterocycles. The first-order chi connectivity index (χ1) is 9.57. The molecule has 2 aliphatic rings. The van der Waals surface area contributed by atoms with Crippen molar-refractivity contribution in [3.63, 3.8) is 0 Å². The van der Waals surface area contributed by atoms with Crippen LogP contribution < -0.4 is 0 Å². The van der Waals surface area contributed by atoms with Gasteiger partial charge in [-0.2, -0.15) is 0 Å². The molecule has 0 spiro atoms. The summed E-state index contributed by atoms with van der Waals surface area (Å²) >= 11 is 0. The van der Waals surface area contributed by atoms with E-state index in [-0.39, 0.29) is 5.92 Å². The Balaban J connectivity index is 2.12. The average molecular weight is 280 g/mol. The third kappa shape index (κ3) is 3.63. The molecular formula is C18H32O2. The number of carbonyl (C=O) groups is 1. The monoisotopic (exact) mass is 280 g/mol. The molecule has 2 aliphatic carbocycles. The van der Waals surface area contributed by atoms with Gasteiger partial charge in [0.05, 0.1) is 0 Å². The maximum absolute atomic E-state index is 13.2. The molecule has 0 radical (unpaired) electrons. The fraction of sp³-hybridized carbons (Fsp3) is 0.944. The van der Waals surface area contributed by atoms with E-state index in [0.717, 1.165) is 38.5 Å². The highest BCUT2D eigenvalue weighted by molar-refractivity contribution is 5.89. The molecule has 2 rings (SSSR count). The Bertz CT molecular complexity index is 305. The van der Waals surface area contributed by atoms with Crippen molar-refractivity contribution in [2.45, 2.75) is 84.2 Å². The van der Waals surface area contributed by atoms with E-state index < -0.39 is 5.60 Å². The first-order valence-corrected chi connectivity index (χ1v) is 8.75. The number of ether oxygens (including phenoxy) is 1. The standard InChI is InChI=1S/C18H32O2/c1-4-20-18(9-7-5-6-8-10-18)17(19)16-12-14(2)11-15(3)13-16/h14-16H,4-13H2,1-3H3. The number of hydrogen-bond acceptors (Lipinski definition) is 2. The van der Waals surface area contributed by atoms with Crippen LogP contribution in [0.5, 0.6) is 0 Å². The zero-order valence-corrected chi connectivity index (χ0v) is 13.6. The topological polar surface area (TPSA) is 26.3 Å². The quantitative estimate of drug-likeness (QED) is 0.694. The van der Waals surface area contributed by atoms with E-state index in [1.54, 1.807) is 0 Å². The zero-order chi connectivity index (χ0) is 14.6. The molecule has 2 saturated carbocycles. The largest absolute Gasteiger partial charge is 0.367 e. The fourth-order valence-electron chi connectivity index (χ4n) is 4.57. The highest BCUT2D eigenvalue weighted by Crippen LogP contribution is 2.40. The molecule has 20 heavy (non-hydrogen) atoms. The Morgan fingerprint density at radius 1 is 1.00 bits per heavy atom. The lowest BCUT2D eigenvalue weighted by molar-refractivity contribution is -0.152. The van der Waals surface area contributed by atoms with Crippen LogP contribution in [0.4, 0.5) is 0 Å². The predicted molar refractivity (Wildman–Crippen MR) is 82.7 cm³/mol. The molecule has 0 N–H and O–H groups in total. The number of rotatable bonds is 4. The van der Waals surface area contributed by atoms with E-state index in [9.17, 15) is 4.79 Å². The van der Waals surface area contributed by atoms with Crippen molar-refractivity contribution < 1.29 is 9.53 Å². The van der Waals surface area contributed by atoms with Gasteiger partial charge < -0.3 is 4.74 Å². The van der Waals surface area contributed by atoms with Gasteiger partial charge in [0.1, 0.15) is 5.60 Å². The number of Topliss-reactive ketones (excluding diaryl/α,β-unsaturated/α-hetero) is 1. The van der Waals surface area contributed by atoms with Crippen LogP contribution in [-0.4, -0.2) is 18.0 Å². The smallest absolute Gasteiger partial charge is 0.167 e. The molecule has 2 heteroatoms. The number of ketones is 1. The van der Waals surface area contributed by atoms with Crippen LogP contribution in [0, 0.1) is 17.8 Å². The van der Waals surface area contributed by atoms with Gasteiger partial charge in [-0.3, -0.25) is 4.79 Å². The summed E-state index contributed by atoms with van der Waals surface area (Å²) in [7, 11) is 0. The SMILES string of the molecule is CCOC1(C(=O)C2CC(C)CC(C)C2)CCCCCC1. The van der Waals surface area contributed by atoms with Gasteiger partial charge in [-0.15, -0.1) is 0 Å². The van der Waals surface area contributed by atoms with Crippen molar-refractivity contribution in [2.75, 3.05) is 6.61 Å². The van der Waals surface area contributed by atoms with E-state index in [1.165, 1.54) is 19.3 Å². The lowest BCUT2D eigenvalue weighted by Crippen LogP contribution is -2.46. The van der Waals surface area contributed by atoms with Gasteiger partial charge in [-0.25, -0.2) is 0 Å². The van der Waals surface area contributed by atoms with E-state index >= 15 is 0 Å². The van der Waals surface area contributed by atoms with Gasteiger partial charge in [-0.1, -0.05) is 39.5 Å². The van der Waals surface area contributed by atoms with Crippen LogP contribution >= 0.6 is 0 Å². The normalized spacial score (nSPS) is 34.5. The first kappa shape index (κ1) is 16.0. The molecule has 0 bridgehead atoms. The third-order valence-electron chi connectivity index (χ3n) is 5.33. The maximum Gasteiger partial charge on any atom is 0.167 e. The molecule has 2 nitrogen and oxygen atoms in total. The highest BCUT2D eigenvalue weighted by atomic mass is 16.5. The summed E-state index contributed by atoms with van der Waals surface area (Å²) in [4.78, 5) is 13.2. The maximum atomic E-state index is 13.2. The van der Waals surface area contributed by atoms with Crippen LogP contribution in [0.25, 0.3) is 0 Å². The lowest BCUT2D eigenvalue weighted by atomic mass is 9.70. The minimum Gasteiger partial charge on any atom is -0.367 e. The van der Waals surface area contributed by atoms with E-state index in [0.29, 0.717) is 24.2 Å². The second kappa shape index (κ2) is 7.06. The Morgan fingerprint density at radius 2 is 1.55 bits per heavy atom. The minimum atomic E-state index is -0.438. The van der Waals surface area contributed by atoms with Crippen LogP contribution in [0.3, 0.4) is 0 Å². The molecule has 0 aromatic carbocycles. The summed E-state index contributed by atoms with van der Waals surface area (Å²) in [5, 5.41) is 0. The van der Waals surface area contributed by atoms with Gasteiger partial charge in [0.15, 0.2) is 5.78 Å². The van der Waals surface area contributed by atoms with Crippen LogP contribution in [0.15, 0.2) is 0 Å². The fourth-order valence-corrected chi connectivity index (χ4v) is 4.57. The molecule has 0 heterocycles. The molecule has 2 unspecified atom stereocenters. The molecule has 0 aromatic heterocycles. The van der Waals surface area contributed by atoms with Crippen molar-refractivity contribution >= 4 is 5.78 Å². The second-order valence-electron chi connectivity index (χ2n) is 7.32. The van der Waals surface area contributed by atoms with E-state index in [2.05, 4.69) is 13.8 Å². The summed E-state index contributed by atoms with van der Waals surface area (Å²) in [5.41, 5.74) is -0.438. The van der Waals surface area contributed by atoms with Gasteiger partial charge in [0.2, 0.25) is 0 Å². The van der Waals surface area contributed by atoms with E-state index in [4.69, 9.17) is 4.74 Å². The lowest BCUT2D eigenvalue weighted by Gasteiger charge is -2.38. The van der Waals surface area contributed by atoms with Gasteiger partial charge >= 0.3 is 0 Å². The zero-order valence-electron chi connectivity index (χ0n) is 13.6. The summed E-state index contributed by atoms with van der Waals surface area (Å²) in [6, 6.07) is 0. The van der Waals surface area contributed by atoms with Crippen LogP contribution in [-0.2, 0) is 9.53 Å². The van der Waals surface area contributed by atoms with Crippen molar-refractivity contribution in [3.8, 4) is 0 Å². The molecule has 2 fully saturated rings. The van der Waals surface area contributed by atoms with Crippen molar-refractivity contribution in [3.05, 3.63) is 0 Å². The number of hydrogen-bond donors (Lipinski definition) is 0. The molecular weight excluding hydrogens is 248 g/mol. The number of carbonyl (C=O) groups excluding carboxylic acids is 1. The van der Waals surface area contributed by atoms with Gasteiger partial charge in [0.25, 0.3) is 0 Å². The molecule has 2 atom stereocenters. The van der Waals surface area contributed by atoms with Crippen molar-refractivity contribution in [1.82, 2.24) is 0 Å². The summed E-state index contributed by atoms with van der Waals surface area (Å²) in [6.07, 6.45) is 10.2. The molecule has 0 aliphatic heterocycles. The molecule has 0 aromatic rings. The second-order valence-corrected chi connectivity index (χ2v) is 7.32. The Labute approximate surface area is 124 Å². The van der Waals surface area contributed by atoms with E-state index in [1.807, 2.05) is 6.92 Å². The third-order valence-corrected chi connectivity index (χ3v) is 5.33. The predicted octanol–water partition coefficient (Wildman–Crippen LogP) is 4.76. The molecule has 116 valence electrons. The first-order valence-electron chi connectivity index (χ1n) is 8.75. The summed E-state index contributed by atoms with van der Waals surface area (Å²) < 4.78 is 6.09. The van der Waals surface area contributed by atoms with Crippen molar-refractivity contribution in [1.29, 1.82) is 0 Å². The van der Waals surface area contributed by atoms with Gasteiger partial charge in [-0.05, 0) is 50.9 Å². The Morgan fingerprint density at radius 3 is 2.05 bits per heavy atom. The average Bonchev–Trinajstić information content (AvgIpc) is 2.64.